The van der Waals surface area contributed by atoms with Crippen LogP contribution in [0.25, 0.3) is 0 Å². The summed E-state index contributed by atoms with van der Waals surface area (Å²) in [6.07, 6.45) is 0. The summed E-state index contributed by atoms with van der Waals surface area (Å²) >= 11 is 7.29. The maximum Gasteiger partial charge on any atom is 0.273 e. The monoisotopic (exact) mass is 418 g/mol. The molecular weight excluding hydrogens is 402 g/mol. The molecule has 1 saturated heterocycles. The molecule has 1 aromatic heterocycles. The Morgan fingerprint density at radius 3 is 2.35 bits per heavy atom. The maximum absolute atomic E-state index is 13.9. The van der Waals surface area contributed by atoms with E-state index in [9.17, 15) is 14.0 Å². The highest BCUT2D eigenvalue weighted by molar-refractivity contribution is 7.09. The molecule has 0 unspecified atom stereocenters. The summed E-state index contributed by atoms with van der Waals surface area (Å²) in [5.41, 5.74) is 5.74. The molecule has 0 bridgehead atoms. The van der Waals surface area contributed by atoms with Crippen LogP contribution in [0.2, 0.25) is 5.02 Å². The number of carbonyl (C=O) groups is 2. The van der Waals surface area contributed by atoms with Crippen LogP contribution < -0.4 is 5.73 Å². The second-order valence-electron chi connectivity index (χ2n) is 5.51. The molecule has 0 atom stereocenters. The van der Waals surface area contributed by atoms with Crippen molar-refractivity contribution in [1.29, 1.82) is 0 Å². The number of piperazine rings is 1. The maximum atomic E-state index is 13.9. The fraction of sp³-hybridized carbons (Fsp3) is 0.312. The molecule has 2 aromatic rings. The average molecular weight is 419 g/mol. The Kier molecular flexibility index (Phi) is 6.94. The summed E-state index contributed by atoms with van der Waals surface area (Å²) in [5, 5.41) is 2.47. The van der Waals surface area contributed by atoms with Gasteiger partial charge in [0.15, 0.2) is 0 Å². The Labute approximate surface area is 165 Å². The third-order valence-corrected chi connectivity index (χ3v) is 5.16. The van der Waals surface area contributed by atoms with Gasteiger partial charge in [0.25, 0.3) is 11.8 Å². The van der Waals surface area contributed by atoms with Crippen molar-refractivity contribution in [2.75, 3.05) is 26.2 Å². The van der Waals surface area contributed by atoms with Crippen LogP contribution in [0.3, 0.4) is 0 Å². The topological polar surface area (TPSA) is 79.5 Å². The van der Waals surface area contributed by atoms with E-state index >= 15 is 0 Å². The quantitative estimate of drug-likeness (QED) is 0.829. The van der Waals surface area contributed by atoms with Crippen LogP contribution >= 0.6 is 35.3 Å². The fourth-order valence-corrected chi connectivity index (χ4v) is 3.53. The predicted molar refractivity (Wildman–Crippen MR) is 100 cm³/mol. The highest BCUT2D eigenvalue weighted by Crippen LogP contribution is 2.22. The highest BCUT2D eigenvalue weighted by atomic mass is 35.5. The first-order valence-electron chi connectivity index (χ1n) is 7.68. The Morgan fingerprint density at radius 1 is 1.19 bits per heavy atom. The Balaban J connectivity index is 0.00000243. The van der Waals surface area contributed by atoms with Gasteiger partial charge in [0.1, 0.15) is 16.5 Å². The minimum absolute atomic E-state index is 0. The number of hydrogen-bond donors (Lipinski definition) is 1. The number of halogens is 3. The molecule has 140 valence electrons. The van der Waals surface area contributed by atoms with Gasteiger partial charge in [-0.2, -0.15) is 0 Å². The lowest BCUT2D eigenvalue weighted by molar-refractivity contribution is 0.0530. The van der Waals surface area contributed by atoms with Crippen LogP contribution in [0.1, 0.15) is 25.9 Å². The zero-order chi connectivity index (χ0) is 18.0. The molecule has 0 saturated carbocycles. The third-order valence-electron chi connectivity index (χ3n) is 3.98. The van der Waals surface area contributed by atoms with Gasteiger partial charge in [0, 0.05) is 38.1 Å². The van der Waals surface area contributed by atoms with Crippen LogP contribution in [0, 0.1) is 5.82 Å². The molecule has 2 N–H and O–H groups in total. The van der Waals surface area contributed by atoms with E-state index in [0.29, 0.717) is 43.4 Å². The third kappa shape index (κ3) is 4.15. The van der Waals surface area contributed by atoms with Crippen LogP contribution in [0.4, 0.5) is 4.39 Å². The highest BCUT2D eigenvalue weighted by Gasteiger charge is 2.28. The van der Waals surface area contributed by atoms with Crippen LogP contribution in [0.15, 0.2) is 23.6 Å². The molecule has 2 amide bonds. The number of rotatable bonds is 3. The van der Waals surface area contributed by atoms with E-state index in [-0.39, 0.29) is 28.9 Å². The molecule has 6 nitrogen and oxygen atoms in total. The molecule has 3 rings (SSSR count). The fourth-order valence-electron chi connectivity index (χ4n) is 2.64. The SMILES string of the molecule is Cl.NCc1nc(C(=O)N2CCN(C(=O)c3c(F)cccc3Cl)CC2)cs1. The molecule has 26 heavy (non-hydrogen) atoms. The van der Waals surface area contributed by atoms with Gasteiger partial charge in [-0.1, -0.05) is 17.7 Å². The van der Waals surface area contributed by atoms with Gasteiger partial charge in [0.05, 0.1) is 10.6 Å². The van der Waals surface area contributed by atoms with Crippen LogP contribution in [-0.4, -0.2) is 52.8 Å². The van der Waals surface area contributed by atoms with Crippen LogP contribution in [0.5, 0.6) is 0 Å². The van der Waals surface area contributed by atoms with Gasteiger partial charge in [0.2, 0.25) is 0 Å². The minimum atomic E-state index is -0.646. The van der Waals surface area contributed by atoms with Crippen molar-refractivity contribution >= 4 is 47.2 Å². The smallest absolute Gasteiger partial charge is 0.273 e. The lowest BCUT2D eigenvalue weighted by atomic mass is 10.1. The van der Waals surface area contributed by atoms with Crippen molar-refractivity contribution in [3.05, 3.63) is 50.7 Å². The molecular formula is C16H17Cl2FN4O2S. The molecule has 0 aliphatic carbocycles. The van der Waals surface area contributed by atoms with Crippen molar-refractivity contribution in [2.45, 2.75) is 6.54 Å². The largest absolute Gasteiger partial charge is 0.335 e. The number of amides is 2. The number of hydrogen-bond acceptors (Lipinski definition) is 5. The first-order chi connectivity index (χ1) is 12.0. The number of nitrogens with zero attached hydrogens (tertiary/aromatic N) is 3. The van der Waals surface area contributed by atoms with Gasteiger partial charge in [-0.3, -0.25) is 9.59 Å². The van der Waals surface area contributed by atoms with E-state index in [0.717, 1.165) is 0 Å². The van der Waals surface area contributed by atoms with Crippen molar-refractivity contribution in [3.8, 4) is 0 Å². The van der Waals surface area contributed by atoms with Gasteiger partial charge in [-0.05, 0) is 12.1 Å². The Morgan fingerprint density at radius 2 is 1.81 bits per heavy atom. The number of benzene rings is 1. The molecule has 10 heteroatoms. The molecule has 1 aliphatic heterocycles. The van der Waals surface area contributed by atoms with E-state index < -0.39 is 11.7 Å². The molecule has 1 fully saturated rings. The van der Waals surface area contributed by atoms with Gasteiger partial charge >= 0.3 is 0 Å². The molecule has 0 radical (unpaired) electrons. The van der Waals surface area contributed by atoms with E-state index in [1.54, 1.807) is 10.3 Å². The van der Waals surface area contributed by atoms with Gasteiger partial charge in [-0.15, -0.1) is 23.7 Å². The minimum Gasteiger partial charge on any atom is -0.335 e. The zero-order valence-corrected chi connectivity index (χ0v) is 16.0. The Hall–Kier alpha value is -1.74. The summed E-state index contributed by atoms with van der Waals surface area (Å²) in [6, 6.07) is 4.14. The first kappa shape index (κ1) is 20.6. The summed E-state index contributed by atoms with van der Waals surface area (Å²) < 4.78 is 13.9. The lowest BCUT2D eigenvalue weighted by Gasteiger charge is -2.34. The summed E-state index contributed by atoms with van der Waals surface area (Å²) in [7, 11) is 0. The van der Waals surface area contributed by atoms with E-state index in [2.05, 4.69) is 4.98 Å². The first-order valence-corrected chi connectivity index (χ1v) is 8.94. The molecule has 1 aromatic carbocycles. The van der Waals surface area contributed by atoms with Crippen molar-refractivity contribution in [3.63, 3.8) is 0 Å². The zero-order valence-electron chi connectivity index (χ0n) is 13.7. The summed E-state index contributed by atoms with van der Waals surface area (Å²) in [6.45, 7) is 1.62. The number of thiazole rings is 1. The van der Waals surface area contributed by atoms with Crippen molar-refractivity contribution < 1.29 is 14.0 Å². The lowest BCUT2D eigenvalue weighted by Crippen LogP contribution is -2.50. The molecule has 0 spiro atoms. The van der Waals surface area contributed by atoms with Crippen LogP contribution in [-0.2, 0) is 6.54 Å². The summed E-state index contributed by atoms with van der Waals surface area (Å²) in [5.74, 6) is -1.30. The number of carbonyl (C=O) groups excluding carboxylic acids is 2. The second-order valence-corrected chi connectivity index (χ2v) is 6.86. The second kappa shape index (κ2) is 8.77. The van der Waals surface area contributed by atoms with Gasteiger partial charge in [-0.25, -0.2) is 9.37 Å². The molecule has 2 heterocycles. The number of aromatic nitrogens is 1. The Bertz CT molecular complexity index is 789. The van der Waals surface area contributed by atoms with Crippen molar-refractivity contribution in [2.24, 2.45) is 5.73 Å². The normalized spacial score (nSPS) is 14.1. The number of nitrogens with two attached hydrogens (primary N) is 1. The standard InChI is InChI=1S/C16H16ClFN4O2S.ClH/c17-10-2-1-3-11(18)14(10)16(24)22-6-4-21(5-7-22)15(23)12-9-25-13(8-19)20-12;/h1-3,9H,4-8,19H2;1H. The molecule has 1 aliphatic rings. The van der Waals surface area contributed by atoms with Gasteiger partial charge < -0.3 is 15.5 Å². The van der Waals surface area contributed by atoms with E-state index in [4.69, 9.17) is 17.3 Å². The van der Waals surface area contributed by atoms with E-state index in [1.807, 2.05) is 0 Å². The van der Waals surface area contributed by atoms with E-state index in [1.165, 1.54) is 34.4 Å². The van der Waals surface area contributed by atoms with Crippen molar-refractivity contribution in [1.82, 2.24) is 14.8 Å². The predicted octanol–water partition coefficient (Wildman–Crippen LogP) is 2.41. The average Bonchev–Trinajstić information content (AvgIpc) is 3.10. The summed E-state index contributed by atoms with van der Waals surface area (Å²) in [4.78, 5) is 32.2.